The lowest BCUT2D eigenvalue weighted by Crippen LogP contribution is -2.73. The van der Waals surface area contributed by atoms with Crippen molar-refractivity contribution in [2.45, 2.75) is 104 Å². The van der Waals surface area contributed by atoms with Crippen molar-refractivity contribution in [3.05, 3.63) is 47.5 Å². The molecule has 11 atom stereocenters. The van der Waals surface area contributed by atoms with Crippen molar-refractivity contribution in [3.8, 4) is 0 Å². The van der Waals surface area contributed by atoms with Crippen molar-refractivity contribution in [2.75, 3.05) is 6.61 Å². The first kappa shape index (κ1) is 27.8. The predicted octanol–water partition coefficient (Wildman–Crippen LogP) is 5.73. The maximum absolute atomic E-state index is 13.3. The molecule has 11 unspecified atom stereocenters. The highest BCUT2D eigenvalue weighted by atomic mass is 16.6. The van der Waals surface area contributed by atoms with Crippen LogP contribution < -0.4 is 0 Å². The fraction of sp³-hybridized carbons (Fsp3) is 0.697. The van der Waals surface area contributed by atoms with E-state index in [9.17, 15) is 14.7 Å². The van der Waals surface area contributed by atoms with Crippen LogP contribution in [0.3, 0.4) is 0 Å². The van der Waals surface area contributed by atoms with E-state index in [1.165, 1.54) is 18.1 Å². The lowest BCUT2D eigenvalue weighted by molar-refractivity contribution is -0.262. The van der Waals surface area contributed by atoms with Gasteiger partial charge in [-0.3, -0.25) is 4.79 Å². The number of fused-ring (bicyclic) bond motifs is 4. The lowest BCUT2D eigenvalue weighted by atomic mass is 9.36. The van der Waals surface area contributed by atoms with Crippen LogP contribution in [0.1, 0.15) is 85.6 Å². The molecule has 1 aromatic rings. The average Bonchev–Trinajstić information content (AvgIpc) is 3.63. The molecule has 0 radical (unpaired) electrons. The molecule has 0 bridgehead atoms. The first-order chi connectivity index (χ1) is 18.8. The number of ether oxygens (including phenoxy) is 3. The van der Waals surface area contributed by atoms with E-state index in [1.807, 2.05) is 13.2 Å². The third kappa shape index (κ3) is 3.43. The van der Waals surface area contributed by atoms with E-state index >= 15 is 0 Å². The average molecular weight is 553 g/mol. The summed E-state index contributed by atoms with van der Waals surface area (Å²) in [6.45, 7) is 14.4. The van der Waals surface area contributed by atoms with Crippen molar-refractivity contribution < 1.29 is 33.3 Å². The highest BCUT2D eigenvalue weighted by Crippen LogP contribution is 2.75. The summed E-state index contributed by atoms with van der Waals surface area (Å²) in [5, 5.41) is 12.3. The topological polar surface area (TPSA) is 95.2 Å². The van der Waals surface area contributed by atoms with Gasteiger partial charge in [0.2, 0.25) is 0 Å². The number of aliphatic hydroxyl groups is 1. The smallest absolute Gasteiger partial charge is 0.333 e. The molecule has 6 rings (SSSR count). The number of carbonyl (C=O) groups is 2. The molecule has 2 heterocycles. The van der Waals surface area contributed by atoms with E-state index in [0.717, 1.165) is 19.3 Å². The number of esters is 2. The zero-order valence-corrected chi connectivity index (χ0v) is 24.9. The largest absolute Gasteiger partial charge is 0.472 e. The Kier molecular flexibility index (Phi) is 6.29. The summed E-state index contributed by atoms with van der Waals surface area (Å²) in [5.74, 6) is -0.517. The second-order valence-corrected chi connectivity index (χ2v) is 14.0. The van der Waals surface area contributed by atoms with Crippen molar-refractivity contribution in [3.63, 3.8) is 0 Å². The molecule has 7 heteroatoms. The van der Waals surface area contributed by atoms with Gasteiger partial charge in [-0.15, -0.1) is 0 Å². The molecule has 0 amide bonds. The number of hydrogen-bond donors (Lipinski definition) is 1. The molecule has 4 fully saturated rings. The molecule has 1 saturated heterocycles. The number of hydrogen-bond acceptors (Lipinski definition) is 7. The Bertz CT molecular complexity index is 1260. The summed E-state index contributed by atoms with van der Waals surface area (Å²) in [6, 6.07) is 2.07. The normalized spacial score (nSPS) is 47.5. The summed E-state index contributed by atoms with van der Waals surface area (Å²) >= 11 is 0. The van der Waals surface area contributed by atoms with E-state index in [1.54, 1.807) is 19.3 Å². The summed E-state index contributed by atoms with van der Waals surface area (Å²) in [5.41, 5.74) is 1.35. The molecule has 4 aliphatic carbocycles. The van der Waals surface area contributed by atoms with Gasteiger partial charge in [0.05, 0.1) is 31.3 Å². The molecule has 3 saturated carbocycles. The number of allylic oxidation sites excluding steroid dienone is 2. The molecule has 1 aromatic heterocycles. The van der Waals surface area contributed by atoms with E-state index < -0.39 is 40.7 Å². The lowest BCUT2D eigenvalue weighted by Gasteiger charge is -2.69. The van der Waals surface area contributed by atoms with Gasteiger partial charge in [-0.05, 0) is 62.0 Å². The molecule has 5 aliphatic rings. The van der Waals surface area contributed by atoms with Gasteiger partial charge in [0.15, 0.2) is 0 Å². The maximum Gasteiger partial charge on any atom is 0.333 e. The highest BCUT2D eigenvalue weighted by molar-refractivity contribution is 5.87. The van der Waals surface area contributed by atoms with Gasteiger partial charge in [0.25, 0.3) is 0 Å². The second-order valence-electron chi connectivity index (χ2n) is 14.0. The SMILES string of the molecule is CC=C(C)C(=O)OC1CC(OC(C)=O)C2(C)COC3C(O)C4(C)C5=CCC(c6ccoc6)C5(C)CCC4C1(C)C32. The third-order valence-electron chi connectivity index (χ3n) is 12.3. The van der Waals surface area contributed by atoms with Gasteiger partial charge in [-0.1, -0.05) is 45.4 Å². The number of aliphatic hydroxyl groups excluding tert-OH is 1. The first-order valence-electron chi connectivity index (χ1n) is 14.9. The van der Waals surface area contributed by atoms with E-state index in [-0.39, 0.29) is 35.1 Å². The zero-order chi connectivity index (χ0) is 28.8. The van der Waals surface area contributed by atoms with Crippen LogP contribution in [0.25, 0.3) is 0 Å². The van der Waals surface area contributed by atoms with Crippen molar-refractivity contribution in [1.29, 1.82) is 0 Å². The molecule has 218 valence electrons. The fourth-order valence-electron chi connectivity index (χ4n) is 10.4. The molecule has 7 nitrogen and oxygen atoms in total. The minimum absolute atomic E-state index is 0.0432. The monoisotopic (exact) mass is 552 g/mol. The Morgan fingerprint density at radius 2 is 1.88 bits per heavy atom. The fourth-order valence-corrected chi connectivity index (χ4v) is 10.4. The predicted molar refractivity (Wildman–Crippen MR) is 148 cm³/mol. The molecule has 40 heavy (non-hydrogen) atoms. The second kappa shape index (κ2) is 9.06. The van der Waals surface area contributed by atoms with Crippen LogP contribution in [-0.2, 0) is 23.8 Å². The minimum Gasteiger partial charge on any atom is -0.472 e. The van der Waals surface area contributed by atoms with Crippen LogP contribution in [0.5, 0.6) is 0 Å². The van der Waals surface area contributed by atoms with E-state index in [2.05, 4.69) is 39.8 Å². The highest BCUT2D eigenvalue weighted by Gasteiger charge is 2.77. The van der Waals surface area contributed by atoms with Gasteiger partial charge >= 0.3 is 11.9 Å². The molecular formula is C33H44O7. The maximum atomic E-state index is 13.3. The minimum atomic E-state index is -0.740. The summed E-state index contributed by atoms with van der Waals surface area (Å²) in [4.78, 5) is 25.5. The van der Waals surface area contributed by atoms with Gasteiger partial charge in [-0.2, -0.15) is 0 Å². The van der Waals surface area contributed by atoms with Crippen LogP contribution in [0.4, 0.5) is 0 Å². The molecular weight excluding hydrogens is 508 g/mol. The van der Waals surface area contributed by atoms with Crippen molar-refractivity contribution in [1.82, 2.24) is 0 Å². The van der Waals surface area contributed by atoms with E-state index in [4.69, 9.17) is 18.6 Å². The molecule has 0 spiro atoms. The standard InChI is InChI=1S/C33H44O7/c1-8-18(2)29(36)40-25-15-24(39-19(3)34)31(5)17-38-26-27(31)33(25,7)23-11-13-30(4)21(20-12-14-37-16-20)9-10-22(30)32(23,6)28(26)35/h8,10,12,14,16,21,23-28,35H,9,11,13,15,17H2,1-7H3. The summed E-state index contributed by atoms with van der Waals surface area (Å²) in [6.07, 6.45) is 8.73. The zero-order valence-electron chi connectivity index (χ0n) is 24.9. The Labute approximate surface area is 237 Å². The number of carbonyl (C=O) groups excluding carboxylic acids is 2. The van der Waals surface area contributed by atoms with Crippen LogP contribution in [0, 0.1) is 33.5 Å². The van der Waals surface area contributed by atoms with Gasteiger partial charge in [0.1, 0.15) is 12.2 Å². The molecule has 1 aliphatic heterocycles. The Morgan fingerprint density at radius 3 is 2.52 bits per heavy atom. The van der Waals surface area contributed by atoms with Crippen LogP contribution in [-0.4, -0.2) is 48.1 Å². The van der Waals surface area contributed by atoms with Gasteiger partial charge in [-0.25, -0.2) is 4.79 Å². The van der Waals surface area contributed by atoms with Crippen molar-refractivity contribution in [2.24, 2.45) is 33.5 Å². The Hall–Kier alpha value is -2.38. The Morgan fingerprint density at radius 1 is 1.12 bits per heavy atom. The summed E-state index contributed by atoms with van der Waals surface area (Å²) in [7, 11) is 0. The van der Waals surface area contributed by atoms with E-state index in [0.29, 0.717) is 18.6 Å². The summed E-state index contributed by atoms with van der Waals surface area (Å²) < 4.78 is 24.3. The van der Waals surface area contributed by atoms with Gasteiger partial charge in [0, 0.05) is 41.1 Å². The number of rotatable bonds is 4. The van der Waals surface area contributed by atoms with Crippen LogP contribution in [0.2, 0.25) is 0 Å². The number of furan rings is 1. The Balaban J connectivity index is 1.48. The third-order valence-corrected chi connectivity index (χ3v) is 12.3. The molecule has 0 aromatic carbocycles. The van der Waals surface area contributed by atoms with Crippen LogP contribution in [0.15, 0.2) is 46.3 Å². The quantitative estimate of drug-likeness (QED) is 0.289. The van der Waals surface area contributed by atoms with Crippen molar-refractivity contribution >= 4 is 11.9 Å². The van der Waals surface area contributed by atoms with Crippen LogP contribution >= 0.6 is 0 Å². The first-order valence-corrected chi connectivity index (χ1v) is 14.9. The van der Waals surface area contributed by atoms with Gasteiger partial charge < -0.3 is 23.7 Å². The molecule has 1 N–H and O–H groups in total.